The summed E-state index contributed by atoms with van der Waals surface area (Å²) in [6.45, 7) is 0.675. The van der Waals surface area contributed by atoms with Crippen molar-refractivity contribution < 1.29 is 29.4 Å². The zero-order chi connectivity index (χ0) is 16.7. The summed E-state index contributed by atoms with van der Waals surface area (Å²) >= 11 is 3.80. The van der Waals surface area contributed by atoms with Crippen LogP contribution in [0.3, 0.4) is 0 Å². The monoisotopic (exact) mass is 333 g/mol. The van der Waals surface area contributed by atoms with Crippen LogP contribution in [-0.4, -0.2) is 64.4 Å². The van der Waals surface area contributed by atoms with E-state index in [1.165, 1.54) is 0 Å². The minimum absolute atomic E-state index is 0.154. The van der Waals surface area contributed by atoms with Crippen LogP contribution in [0.25, 0.3) is 0 Å². The molecule has 1 aliphatic heterocycles. The van der Waals surface area contributed by atoms with Gasteiger partial charge in [0.2, 0.25) is 11.8 Å². The Kier molecular flexibility index (Phi) is 7.12. The topological polar surface area (TPSA) is 145 Å². The predicted octanol–water partition coefficient (Wildman–Crippen LogP) is -1.80. The van der Waals surface area contributed by atoms with E-state index in [1.54, 1.807) is 0 Å². The van der Waals surface area contributed by atoms with Crippen LogP contribution in [0.5, 0.6) is 0 Å². The summed E-state index contributed by atoms with van der Waals surface area (Å²) < 4.78 is 0. The minimum Gasteiger partial charge on any atom is -0.481 e. The SMILES string of the molecule is O=C(O)C[C@H](NC(=O)[C@@H]1CCCN1)C(=O)N[C@@H](CS)C(=O)O. The molecule has 1 aliphatic rings. The molecule has 0 aromatic carbocycles. The van der Waals surface area contributed by atoms with E-state index < -0.39 is 48.3 Å². The number of carbonyl (C=O) groups is 4. The van der Waals surface area contributed by atoms with Gasteiger partial charge in [0.1, 0.15) is 12.1 Å². The molecular formula is C12H19N3O6S. The second-order valence-corrected chi connectivity index (χ2v) is 5.26. The fraction of sp³-hybridized carbons (Fsp3) is 0.667. The largest absolute Gasteiger partial charge is 0.481 e. The van der Waals surface area contributed by atoms with Gasteiger partial charge in [-0.3, -0.25) is 14.4 Å². The average Bonchev–Trinajstić information content (AvgIpc) is 2.96. The molecule has 0 spiro atoms. The van der Waals surface area contributed by atoms with Crippen molar-refractivity contribution in [1.29, 1.82) is 0 Å². The molecule has 0 aromatic rings. The van der Waals surface area contributed by atoms with Crippen LogP contribution in [0.4, 0.5) is 0 Å². The van der Waals surface area contributed by atoms with Gasteiger partial charge in [0.25, 0.3) is 0 Å². The molecule has 1 rings (SSSR count). The third-order valence-corrected chi connectivity index (χ3v) is 3.55. The molecule has 10 heteroatoms. The Morgan fingerprint density at radius 3 is 2.32 bits per heavy atom. The van der Waals surface area contributed by atoms with E-state index in [0.29, 0.717) is 13.0 Å². The number of carboxylic acid groups (broad SMARTS) is 2. The molecule has 0 aromatic heterocycles. The smallest absolute Gasteiger partial charge is 0.327 e. The molecule has 0 radical (unpaired) electrons. The van der Waals surface area contributed by atoms with Gasteiger partial charge in [0.15, 0.2) is 0 Å². The lowest BCUT2D eigenvalue weighted by molar-refractivity contribution is -0.143. The predicted molar refractivity (Wildman–Crippen MR) is 78.6 cm³/mol. The lowest BCUT2D eigenvalue weighted by Gasteiger charge is -2.21. The number of rotatable bonds is 8. The van der Waals surface area contributed by atoms with Crippen molar-refractivity contribution in [2.24, 2.45) is 0 Å². The molecule has 22 heavy (non-hydrogen) atoms. The Bertz CT molecular complexity index is 452. The molecular weight excluding hydrogens is 314 g/mol. The summed E-state index contributed by atoms with van der Waals surface area (Å²) in [5.74, 6) is -4.07. The second kappa shape index (κ2) is 8.59. The first-order valence-corrected chi connectivity index (χ1v) is 7.38. The van der Waals surface area contributed by atoms with Crippen molar-refractivity contribution in [3.05, 3.63) is 0 Å². The van der Waals surface area contributed by atoms with Crippen molar-refractivity contribution in [3.63, 3.8) is 0 Å². The van der Waals surface area contributed by atoms with E-state index >= 15 is 0 Å². The number of hydrogen-bond acceptors (Lipinski definition) is 6. The zero-order valence-electron chi connectivity index (χ0n) is 11.7. The molecule has 1 saturated heterocycles. The summed E-state index contributed by atoms with van der Waals surface area (Å²) in [6.07, 6.45) is 0.777. The van der Waals surface area contributed by atoms with E-state index in [0.717, 1.165) is 6.42 Å². The molecule has 2 amide bonds. The molecule has 0 bridgehead atoms. The van der Waals surface area contributed by atoms with Crippen LogP contribution in [0, 0.1) is 0 Å². The average molecular weight is 333 g/mol. The van der Waals surface area contributed by atoms with Crippen LogP contribution in [0.1, 0.15) is 19.3 Å². The Balaban J connectivity index is 2.69. The number of aliphatic carboxylic acids is 2. The Labute approximate surface area is 132 Å². The van der Waals surface area contributed by atoms with Gasteiger partial charge in [0, 0.05) is 5.75 Å². The summed E-state index contributed by atoms with van der Waals surface area (Å²) in [4.78, 5) is 45.6. The molecule has 3 atom stereocenters. The molecule has 124 valence electrons. The van der Waals surface area contributed by atoms with E-state index in [4.69, 9.17) is 10.2 Å². The van der Waals surface area contributed by atoms with Crippen LogP contribution < -0.4 is 16.0 Å². The number of hydrogen-bond donors (Lipinski definition) is 6. The Morgan fingerprint density at radius 2 is 1.86 bits per heavy atom. The van der Waals surface area contributed by atoms with Crippen LogP contribution in [0.2, 0.25) is 0 Å². The molecule has 9 nitrogen and oxygen atoms in total. The Morgan fingerprint density at radius 1 is 1.18 bits per heavy atom. The van der Waals surface area contributed by atoms with Gasteiger partial charge in [-0.25, -0.2) is 4.79 Å². The maximum absolute atomic E-state index is 12.0. The summed E-state index contributed by atoms with van der Waals surface area (Å²) in [5, 5.41) is 25.1. The van der Waals surface area contributed by atoms with Crippen molar-refractivity contribution in [2.45, 2.75) is 37.4 Å². The normalized spacial score (nSPS) is 20.0. The summed E-state index contributed by atoms with van der Waals surface area (Å²) in [6, 6.07) is -3.06. The molecule has 5 N–H and O–H groups in total. The van der Waals surface area contributed by atoms with Gasteiger partial charge in [-0.05, 0) is 19.4 Å². The fourth-order valence-corrected chi connectivity index (χ4v) is 2.27. The molecule has 0 saturated carbocycles. The lowest BCUT2D eigenvalue weighted by atomic mass is 10.1. The van der Waals surface area contributed by atoms with E-state index in [9.17, 15) is 19.2 Å². The standard InChI is InChI=1S/C12H19N3O6S/c16-9(17)4-7(11(19)15-8(5-22)12(20)21)14-10(18)6-2-1-3-13-6/h6-8,13,22H,1-5H2,(H,14,18)(H,15,19)(H,16,17)(H,20,21)/t6-,7-,8-/m0/s1. The van der Waals surface area contributed by atoms with Crippen LogP contribution >= 0.6 is 12.6 Å². The number of thiol groups is 1. The van der Waals surface area contributed by atoms with Crippen molar-refractivity contribution in [2.75, 3.05) is 12.3 Å². The van der Waals surface area contributed by atoms with Crippen molar-refractivity contribution in [1.82, 2.24) is 16.0 Å². The van der Waals surface area contributed by atoms with E-state index in [1.807, 2.05) is 0 Å². The van der Waals surface area contributed by atoms with Gasteiger partial charge in [0.05, 0.1) is 12.5 Å². The van der Waals surface area contributed by atoms with Gasteiger partial charge < -0.3 is 26.2 Å². The second-order valence-electron chi connectivity index (χ2n) is 4.89. The third-order valence-electron chi connectivity index (χ3n) is 3.19. The van der Waals surface area contributed by atoms with Gasteiger partial charge >= 0.3 is 11.9 Å². The number of nitrogens with one attached hydrogen (secondary N) is 3. The third kappa shape index (κ3) is 5.53. The van der Waals surface area contributed by atoms with E-state index in [-0.39, 0.29) is 5.75 Å². The van der Waals surface area contributed by atoms with Gasteiger partial charge in [-0.15, -0.1) is 0 Å². The number of carboxylic acids is 2. The molecule has 1 fully saturated rings. The molecule has 0 unspecified atom stereocenters. The quantitative estimate of drug-likeness (QED) is 0.287. The molecule has 1 heterocycles. The zero-order valence-corrected chi connectivity index (χ0v) is 12.6. The minimum atomic E-state index is -1.34. The van der Waals surface area contributed by atoms with Gasteiger partial charge in [-0.2, -0.15) is 12.6 Å². The first kappa shape index (κ1) is 18.2. The first-order valence-electron chi connectivity index (χ1n) is 6.74. The highest BCUT2D eigenvalue weighted by atomic mass is 32.1. The summed E-state index contributed by atoms with van der Waals surface area (Å²) in [5.41, 5.74) is 0. The Hall–Kier alpha value is -1.81. The molecule has 0 aliphatic carbocycles. The number of carbonyl (C=O) groups excluding carboxylic acids is 2. The summed E-state index contributed by atoms with van der Waals surface area (Å²) in [7, 11) is 0. The van der Waals surface area contributed by atoms with Crippen molar-refractivity contribution >= 4 is 36.4 Å². The highest BCUT2D eigenvalue weighted by molar-refractivity contribution is 7.80. The fourth-order valence-electron chi connectivity index (χ4n) is 2.02. The maximum atomic E-state index is 12.0. The highest BCUT2D eigenvalue weighted by Gasteiger charge is 2.30. The van der Waals surface area contributed by atoms with Gasteiger partial charge in [-0.1, -0.05) is 0 Å². The van der Waals surface area contributed by atoms with Crippen molar-refractivity contribution in [3.8, 4) is 0 Å². The number of amides is 2. The van der Waals surface area contributed by atoms with Crippen LogP contribution in [-0.2, 0) is 19.2 Å². The van der Waals surface area contributed by atoms with Crippen LogP contribution in [0.15, 0.2) is 0 Å². The first-order chi connectivity index (χ1) is 10.3. The van der Waals surface area contributed by atoms with E-state index in [2.05, 4.69) is 28.6 Å². The maximum Gasteiger partial charge on any atom is 0.327 e. The highest BCUT2D eigenvalue weighted by Crippen LogP contribution is 2.06. The lowest BCUT2D eigenvalue weighted by Crippen LogP contribution is -2.55.